The molecule has 0 aliphatic heterocycles. The topological polar surface area (TPSA) is 9.23 Å². The van der Waals surface area contributed by atoms with Crippen molar-refractivity contribution in [1.29, 1.82) is 0 Å². The van der Waals surface area contributed by atoms with E-state index in [2.05, 4.69) is 20.8 Å². The molecule has 0 aliphatic rings. The molecule has 0 N–H and O–H groups in total. The minimum absolute atomic E-state index is 0.149. The molecule has 0 saturated carbocycles. The van der Waals surface area contributed by atoms with Crippen LogP contribution in [0.2, 0.25) is 0 Å². The molecule has 1 atom stereocenters. The van der Waals surface area contributed by atoms with Crippen molar-refractivity contribution in [3.8, 4) is 0 Å². The number of ether oxygens (including phenoxy) is 1. The Hall–Kier alpha value is -0.110. The minimum atomic E-state index is -0.716. The summed E-state index contributed by atoms with van der Waals surface area (Å²) in [4.78, 5) is 0. The van der Waals surface area contributed by atoms with Gasteiger partial charge in [0.1, 0.15) is 6.17 Å². The van der Waals surface area contributed by atoms with Crippen LogP contribution in [0, 0.1) is 5.41 Å². The highest BCUT2D eigenvalue weighted by molar-refractivity contribution is 4.66. The van der Waals surface area contributed by atoms with Crippen LogP contribution < -0.4 is 0 Å². The lowest BCUT2D eigenvalue weighted by Gasteiger charge is -2.22. The van der Waals surface area contributed by atoms with Gasteiger partial charge in [0.2, 0.25) is 0 Å². The van der Waals surface area contributed by atoms with Gasteiger partial charge in [0.25, 0.3) is 0 Å². The van der Waals surface area contributed by atoms with E-state index in [0.717, 1.165) is 6.42 Å². The lowest BCUT2D eigenvalue weighted by molar-refractivity contribution is -0.0122. The maximum absolute atomic E-state index is 13.4. The molecule has 0 radical (unpaired) electrons. The van der Waals surface area contributed by atoms with Gasteiger partial charge >= 0.3 is 0 Å². The summed E-state index contributed by atoms with van der Waals surface area (Å²) >= 11 is 0. The summed E-state index contributed by atoms with van der Waals surface area (Å²) in [6, 6.07) is 0. The molecule has 2 heteroatoms. The fourth-order valence-electron chi connectivity index (χ4n) is 1.23. The second-order valence-corrected chi connectivity index (χ2v) is 6.45. The molecular formula is C13H27FO. The van der Waals surface area contributed by atoms with Crippen LogP contribution >= 0.6 is 0 Å². The SMILES string of the molecule is CC(C)(C)CCC(F)CCOC(C)(C)C. The third-order valence-electron chi connectivity index (χ3n) is 2.17. The van der Waals surface area contributed by atoms with Crippen LogP contribution in [0.25, 0.3) is 0 Å². The van der Waals surface area contributed by atoms with E-state index in [1.54, 1.807) is 0 Å². The van der Waals surface area contributed by atoms with Crippen LogP contribution in [-0.2, 0) is 4.74 Å². The molecule has 1 nitrogen and oxygen atoms in total. The van der Waals surface area contributed by atoms with E-state index in [1.165, 1.54) is 0 Å². The molecule has 0 bridgehead atoms. The molecule has 0 saturated heterocycles. The van der Waals surface area contributed by atoms with Gasteiger partial charge in [0.15, 0.2) is 0 Å². The van der Waals surface area contributed by atoms with Crippen molar-refractivity contribution >= 4 is 0 Å². The Morgan fingerprint density at radius 1 is 1.00 bits per heavy atom. The fraction of sp³-hybridized carbons (Fsp3) is 1.00. The number of alkyl halides is 1. The van der Waals surface area contributed by atoms with E-state index < -0.39 is 6.17 Å². The smallest absolute Gasteiger partial charge is 0.102 e. The van der Waals surface area contributed by atoms with E-state index in [1.807, 2.05) is 20.8 Å². The zero-order valence-corrected chi connectivity index (χ0v) is 11.2. The minimum Gasteiger partial charge on any atom is -0.376 e. The first-order chi connectivity index (χ1) is 6.60. The van der Waals surface area contributed by atoms with Crippen molar-refractivity contribution in [2.45, 2.75) is 72.6 Å². The third-order valence-corrected chi connectivity index (χ3v) is 2.17. The van der Waals surface area contributed by atoms with Gasteiger partial charge in [-0.05, 0) is 39.0 Å². The largest absolute Gasteiger partial charge is 0.376 e. The third kappa shape index (κ3) is 11.8. The number of hydrogen-bond acceptors (Lipinski definition) is 1. The molecule has 0 spiro atoms. The molecular weight excluding hydrogens is 191 g/mol. The lowest BCUT2D eigenvalue weighted by atomic mass is 9.89. The van der Waals surface area contributed by atoms with Gasteiger partial charge in [-0.1, -0.05) is 20.8 Å². The van der Waals surface area contributed by atoms with Gasteiger partial charge in [0.05, 0.1) is 12.2 Å². The molecule has 0 heterocycles. The average Bonchev–Trinajstić information content (AvgIpc) is 1.97. The molecule has 0 amide bonds. The first-order valence-corrected chi connectivity index (χ1v) is 5.88. The summed E-state index contributed by atoms with van der Waals surface area (Å²) in [6.07, 6.45) is 1.39. The molecule has 0 aromatic heterocycles. The van der Waals surface area contributed by atoms with Gasteiger partial charge in [-0.2, -0.15) is 0 Å². The second-order valence-electron chi connectivity index (χ2n) is 6.45. The number of halogens is 1. The molecule has 0 rings (SSSR count). The van der Waals surface area contributed by atoms with Crippen molar-refractivity contribution < 1.29 is 9.13 Å². The van der Waals surface area contributed by atoms with Crippen LogP contribution in [0.5, 0.6) is 0 Å². The van der Waals surface area contributed by atoms with Crippen molar-refractivity contribution in [1.82, 2.24) is 0 Å². The van der Waals surface area contributed by atoms with Crippen molar-refractivity contribution in [2.75, 3.05) is 6.61 Å². The highest BCUT2D eigenvalue weighted by Crippen LogP contribution is 2.23. The Balaban J connectivity index is 3.54. The normalized spacial score (nSPS) is 15.4. The average molecular weight is 218 g/mol. The Morgan fingerprint density at radius 3 is 1.93 bits per heavy atom. The second kappa shape index (κ2) is 5.83. The molecule has 15 heavy (non-hydrogen) atoms. The van der Waals surface area contributed by atoms with Crippen molar-refractivity contribution in [3.63, 3.8) is 0 Å². The van der Waals surface area contributed by atoms with E-state index >= 15 is 0 Å². The Labute approximate surface area is 94.4 Å². The zero-order valence-electron chi connectivity index (χ0n) is 11.2. The monoisotopic (exact) mass is 218 g/mol. The number of rotatable bonds is 5. The number of hydrogen-bond donors (Lipinski definition) is 0. The predicted octanol–water partition coefficient (Wildman–Crippen LogP) is 4.36. The Morgan fingerprint density at radius 2 is 1.53 bits per heavy atom. The predicted molar refractivity (Wildman–Crippen MR) is 63.9 cm³/mol. The Bertz CT molecular complexity index is 164. The molecule has 1 unspecified atom stereocenters. The first kappa shape index (κ1) is 14.9. The van der Waals surface area contributed by atoms with Crippen LogP contribution in [0.3, 0.4) is 0 Å². The summed E-state index contributed by atoms with van der Waals surface area (Å²) in [5.41, 5.74) is 0.0823. The summed E-state index contributed by atoms with van der Waals surface area (Å²) in [6.45, 7) is 12.9. The van der Waals surface area contributed by atoms with Gasteiger partial charge in [0, 0.05) is 6.42 Å². The lowest BCUT2D eigenvalue weighted by Crippen LogP contribution is -2.21. The fourth-order valence-corrected chi connectivity index (χ4v) is 1.23. The first-order valence-electron chi connectivity index (χ1n) is 5.88. The summed E-state index contributed by atoms with van der Waals surface area (Å²) in [7, 11) is 0. The quantitative estimate of drug-likeness (QED) is 0.666. The molecule has 0 fully saturated rings. The highest BCUT2D eigenvalue weighted by Gasteiger charge is 2.16. The van der Waals surface area contributed by atoms with E-state index in [9.17, 15) is 4.39 Å². The summed E-state index contributed by atoms with van der Waals surface area (Å²) in [5.74, 6) is 0. The Kier molecular flexibility index (Phi) is 5.79. The van der Waals surface area contributed by atoms with Gasteiger partial charge in [-0.3, -0.25) is 0 Å². The maximum Gasteiger partial charge on any atom is 0.102 e. The van der Waals surface area contributed by atoms with Crippen LogP contribution in [0.4, 0.5) is 4.39 Å². The van der Waals surface area contributed by atoms with E-state index in [-0.39, 0.29) is 11.0 Å². The molecule has 0 aliphatic carbocycles. The van der Waals surface area contributed by atoms with Crippen molar-refractivity contribution in [2.24, 2.45) is 5.41 Å². The molecule has 0 aromatic carbocycles. The van der Waals surface area contributed by atoms with Crippen LogP contribution in [0.1, 0.15) is 60.8 Å². The standard InChI is InChI=1S/C13H27FO/c1-12(2,3)9-7-11(14)8-10-15-13(4,5)6/h11H,7-10H2,1-6H3. The molecule has 0 aromatic rings. The maximum atomic E-state index is 13.4. The van der Waals surface area contributed by atoms with E-state index in [0.29, 0.717) is 19.4 Å². The van der Waals surface area contributed by atoms with Gasteiger partial charge in [-0.15, -0.1) is 0 Å². The highest BCUT2D eigenvalue weighted by atomic mass is 19.1. The van der Waals surface area contributed by atoms with Gasteiger partial charge in [-0.25, -0.2) is 4.39 Å². The molecule has 92 valence electrons. The van der Waals surface area contributed by atoms with Crippen LogP contribution in [0.15, 0.2) is 0 Å². The van der Waals surface area contributed by atoms with Crippen molar-refractivity contribution in [3.05, 3.63) is 0 Å². The zero-order chi connectivity index (χ0) is 12.1. The van der Waals surface area contributed by atoms with Crippen LogP contribution in [-0.4, -0.2) is 18.4 Å². The van der Waals surface area contributed by atoms with E-state index in [4.69, 9.17) is 4.74 Å². The summed E-state index contributed by atoms with van der Waals surface area (Å²) < 4.78 is 18.9. The summed E-state index contributed by atoms with van der Waals surface area (Å²) in [5, 5.41) is 0. The van der Waals surface area contributed by atoms with Gasteiger partial charge < -0.3 is 4.74 Å².